The number of thiazole rings is 1. The molecule has 2 aromatic carbocycles. The number of hydrogen-bond acceptors (Lipinski definition) is 4. The minimum Gasteiger partial charge on any atom is -0.497 e. The van der Waals surface area contributed by atoms with Gasteiger partial charge in [0.1, 0.15) is 5.75 Å². The molecule has 1 aromatic heterocycles. The van der Waals surface area contributed by atoms with Gasteiger partial charge in [-0.3, -0.25) is 4.79 Å². The number of para-hydroxylation sites is 1. The lowest BCUT2D eigenvalue weighted by atomic mass is 10.3. The van der Waals surface area contributed by atoms with Crippen molar-refractivity contribution in [3.8, 4) is 5.75 Å². The summed E-state index contributed by atoms with van der Waals surface area (Å²) in [6, 6.07) is 17.0. The molecule has 0 aliphatic heterocycles. The van der Waals surface area contributed by atoms with Gasteiger partial charge in [0.25, 0.3) is 0 Å². The van der Waals surface area contributed by atoms with E-state index in [0.717, 1.165) is 27.6 Å². The van der Waals surface area contributed by atoms with Crippen LogP contribution in [0.3, 0.4) is 0 Å². The topological polar surface area (TPSA) is 55.6 Å². The smallest absolute Gasteiger partial charge is 0.230 e. The molecule has 25 heavy (non-hydrogen) atoms. The molecule has 0 saturated carbocycles. The Morgan fingerprint density at radius 1 is 1.16 bits per heavy atom. The summed E-state index contributed by atoms with van der Waals surface area (Å²) in [5.74, 6) is 0.753. The highest BCUT2D eigenvalue weighted by Gasteiger charge is 2.08. The summed E-state index contributed by atoms with van der Waals surface area (Å²) in [6.07, 6.45) is 0.306. The number of amides is 1. The van der Waals surface area contributed by atoms with Crippen molar-refractivity contribution in [2.75, 3.05) is 12.4 Å². The molecule has 1 N–H and O–H groups in total. The van der Waals surface area contributed by atoms with E-state index in [4.69, 9.17) is 4.74 Å². The van der Waals surface area contributed by atoms with Gasteiger partial charge in [0, 0.05) is 23.8 Å². The first-order chi connectivity index (χ1) is 12.2. The quantitative estimate of drug-likeness (QED) is 0.763. The third-order valence-corrected chi connectivity index (χ3v) is 4.68. The van der Waals surface area contributed by atoms with Gasteiger partial charge in [0.15, 0.2) is 4.80 Å². The van der Waals surface area contributed by atoms with E-state index in [1.165, 1.54) is 11.3 Å². The number of nitrogens with one attached hydrogen (secondary N) is 1. The van der Waals surface area contributed by atoms with Crippen LogP contribution in [0.4, 0.5) is 11.4 Å². The zero-order chi connectivity index (χ0) is 17.6. The van der Waals surface area contributed by atoms with Crippen LogP contribution in [0.15, 0.2) is 65.0 Å². The number of hydrogen-bond donors (Lipinski definition) is 1. The van der Waals surface area contributed by atoms with E-state index in [-0.39, 0.29) is 5.91 Å². The normalized spacial score (nSPS) is 11.4. The van der Waals surface area contributed by atoms with Crippen LogP contribution in [-0.4, -0.2) is 17.6 Å². The SMILES string of the molecule is COc1ccc(N=c2scc(CC(=O)Nc3ccccc3)n2C)cc1. The van der Waals surface area contributed by atoms with Crippen LogP contribution >= 0.6 is 11.3 Å². The van der Waals surface area contributed by atoms with Crippen molar-refractivity contribution in [1.29, 1.82) is 0 Å². The molecular formula is C19H19N3O2S. The second kappa shape index (κ2) is 7.81. The van der Waals surface area contributed by atoms with E-state index >= 15 is 0 Å². The minimum absolute atomic E-state index is 0.0457. The Labute approximate surface area is 150 Å². The van der Waals surface area contributed by atoms with Crippen LogP contribution in [0, 0.1) is 0 Å². The van der Waals surface area contributed by atoms with Gasteiger partial charge in [-0.2, -0.15) is 0 Å². The molecule has 3 rings (SSSR count). The van der Waals surface area contributed by atoms with Crippen molar-refractivity contribution in [3.63, 3.8) is 0 Å². The third kappa shape index (κ3) is 4.36. The second-order valence-corrected chi connectivity index (χ2v) is 6.31. The monoisotopic (exact) mass is 353 g/mol. The molecule has 3 aromatic rings. The number of ether oxygens (including phenoxy) is 1. The molecule has 1 amide bonds. The summed E-state index contributed by atoms with van der Waals surface area (Å²) in [4.78, 5) is 17.7. The van der Waals surface area contributed by atoms with Gasteiger partial charge in [-0.15, -0.1) is 11.3 Å². The van der Waals surface area contributed by atoms with Crippen molar-refractivity contribution in [1.82, 2.24) is 4.57 Å². The summed E-state index contributed by atoms with van der Waals surface area (Å²) >= 11 is 1.51. The Kier molecular flexibility index (Phi) is 5.30. The van der Waals surface area contributed by atoms with Gasteiger partial charge in [0.2, 0.25) is 5.91 Å². The number of aromatic nitrogens is 1. The van der Waals surface area contributed by atoms with Crippen molar-refractivity contribution in [2.24, 2.45) is 12.0 Å². The minimum atomic E-state index is -0.0457. The molecule has 0 aliphatic carbocycles. The van der Waals surface area contributed by atoms with E-state index in [0.29, 0.717) is 6.42 Å². The number of benzene rings is 2. The molecule has 1 heterocycles. The van der Waals surface area contributed by atoms with Crippen LogP contribution in [0.5, 0.6) is 5.75 Å². The Morgan fingerprint density at radius 2 is 1.88 bits per heavy atom. The molecule has 6 heteroatoms. The molecule has 0 atom stereocenters. The van der Waals surface area contributed by atoms with E-state index in [9.17, 15) is 4.79 Å². The molecule has 0 bridgehead atoms. The Bertz CT molecular complexity index is 912. The highest BCUT2D eigenvalue weighted by atomic mass is 32.1. The standard InChI is InChI=1S/C19H19N3O2S/c1-22-16(12-18(23)20-14-6-4-3-5-7-14)13-25-19(22)21-15-8-10-17(24-2)11-9-15/h3-11,13H,12H2,1-2H3,(H,20,23). The maximum absolute atomic E-state index is 12.2. The van der Waals surface area contributed by atoms with Crippen molar-refractivity contribution in [2.45, 2.75) is 6.42 Å². The molecule has 0 aliphatic rings. The first-order valence-electron chi connectivity index (χ1n) is 7.83. The largest absolute Gasteiger partial charge is 0.497 e. The van der Waals surface area contributed by atoms with Gasteiger partial charge in [-0.25, -0.2) is 4.99 Å². The second-order valence-electron chi connectivity index (χ2n) is 5.47. The number of rotatable bonds is 5. The lowest BCUT2D eigenvalue weighted by Crippen LogP contribution is -2.19. The predicted molar refractivity (Wildman–Crippen MR) is 100 cm³/mol. The first-order valence-corrected chi connectivity index (χ1v) is 8.71. The van der Waals surface area contributed by atoms with Crippen LogP contribution in [0.1, 0.15) is 5.69 Å². The summed E-state index contributed by atoms with van der Waals surface area (Å²) in [7, 11) is 3.56. The molecule has 0 fully saturated rings. The average Bonchev–Trinajstić information content (AvgIpc) is 2.96. The fourth-order valence-electron chi connectivity index (χ4n) is 2.32. The Hall–Kier alpha value is -2.86. The summed E-state index contributed by atoms with van der Waals surface area (Å²) in [6.45, 7) is 0. The number of carbonyl (C=O) groups excluding carboxylic acids is 1. The molecular weight excluding hydrogens is 334 g/mol. The number of anilines is 1. The maximum atomic E-state index is 12.2. The molecule has 128 valence electrons. The lowest BCUT2D eigenvalue weighted by molar-refractivity contribution is -0.115. The zero-order valence-electron chi connectivity index (χ0n) is 14.1. The van der Waals surface area contributed by atoms with Gasteiger partial charge in [0.05, 0.1) is 19.2 Å². The van der Waals surface area contributed by atoms with Gasteiger partial charge < -0.3 is 14.6 Å². The molecule has 0 spiro atoms. The Balaban J connectivity index is 1.74. The zero-order valence-corrected chi connectivity index (χ0v) is 14.9. The number of nitrogens with zero attached hydrogens (tertiary/aromatic N) is 2. The van der Waals surface area contributed by atoms with Gasteiger partial charge >= 0.3 is 0 Å². The van der Waals surface area contributed by atoms with Gasteiger partial charge in [-0.1, -0.05) is 18.2 Å². The van der Waals surface area contributed by atoms with Crippen molar-refractivity contribution < 1.29 is 9.53 Å². The van der Waals surface area contributed by atoms with Crippen molar-refractivity contribution in [3.05, 3.63) is 70.5 Å². The predicted octanol–water partition coefficient (Wildman–Crippen LogP) is 3.51. The van der Waals surface area contributed by atoms with Crippen LogP contribution < -0.4 is 14.9 Å². The van der Waals surface area contributed by atoms with Crippen molar-refractivity contribution >= 4 is 28.6 Å². The fraction of sp³-hybridized carbons (Fsp3) is 0.158. The number of carbonyl (C=O) groups is 1. The molecule has 5 nitrogen and oxygen atoms in total. The summed E-state index contributed by atoms with van der Waals surface area (Å²) in [5, 5.41) is 4.86. The van der Waals surface area contributed by atoms with Crippen LogP contribution in [0.2, 0.25) is 0 Å². The summed E-state index contributed by atoms with van der Waals surface area (Å²) < 4.78 is 7.10. The number of methoxy groups -OCH3 is 1. The summed E-state index contributed by atoms with van der Waals surface area (Å²) in [5.41, 5.74) is 2.57. The van der Waals surface area contributed by atoms with Crippen LogP contribution in [0.25, 0.3) is 0 Å². The maximum Gasteiger partial charge on any atom is 0.230 e. The van der Waals surface area contributed by atoms with E-state index in [2.05, 4.69) is 10.3 Å². The molecule has 0 unspecified atom stereocenters. The highest BCUT2D eigenvalue weighted by molar-refractivity contribution is 7.07. The molecule has 0 saturated heterocycles. The van der Waals surface area contributed by atoms with Crippen LogP contribution in [-0.2, 0) is 18.3 Å². The van der Waals surface area contributed by atoms with E-state index < -0.39 is 0 Å². The molecule has 0 radical (unpaired) electrons. The average molecular weight is 353 g/mol. The van der Waals surface area contributed by atoms with E-state index in [1.807, 2.05) is 71.6 Å². The first kappa shape index (κ1) is 17.0. The fourth-order valence-corrected chi connectivity index (χ4v) is 3.24. The highest BCUT2D eigenvalue weighted by Crippen LogP contribution is 2.17. The van der Waals surface area contributed by atoms with Gasteiger partial charge in [-0.05, 0) is 36.4 Å². The third-order valence-electron chi connectivity index (χ3n) is 3.71. The lowest BCUT2D eigenvalue weighted by Gasteiger charge is -2.05. The van der Waals surface area contributed by atoms with E-state index in [1.54, 1.807) is 7.11 Å². The Morgan fingerprint density at radius 3 is 2.56 bits per heavy atom.